The summed E-state index contributed by atoms with van der Waals surface area (Å²) in [4.78, 5) is 13.0. The molecule has 0 radical (unpaired) electrons. The van der Waals surface area contributed by atoms with E-state index in [1.165, 1.54) is 4.90 Å². The van der Waals surface area contributed by atoms with Crippen LogP contribution in [-0.2, 0) is 4.74 Å². The zero-order chi connectivity index (χ0) is 11.7. The monoisotopic (exact) mass is 216 g/mol. The van der Waals surface area contributed by atoms with Crippen molar-refractivity contribution >= 4 is 11.8 Å². The third-order valence-corrected chi connectivity index (χ3v) is 2.60. The van der Waals surface area contributed by atoms with Gasteiger partial charge in [-0.3, -0.25) is 4.90 Å². The Morgan fingerprint density at radius 2 is 2.25 bits per heavy atom. The quantitative estimate of drug-likeness (QED) is 0.722. The number of amides is 1. The van der Waals surface area contributed by atoms with Gasteiger partial charge in [0, 0.05) is 0 Å². The normalized spacial score (nSPS) is 19.4. The summed E-state index contributed by atoms with van der Waals surface area (Å²) in [6.07, 6.45) is -1.10. The number of ether oxygens (including phenoxy) is 1. The largest absolute Gasteiger partial charge is 0.428 e. The Morgan fingerprint density at radius 3 is 2.81 bits per heavy atom. The molecule has 1 aliphatic rings. The van der Waals surface area contributed by atoms with E-state index in [0.29, 0.717) is 6.54 Å². The number of hydrogen-bond acceptors (Lipinski definition) is 3. The molecule has 1 atom stereocenters. The van der Waals surface area contributed by atoms with Crippen LogP contribution in [0.1, 0.15) is 11.1 Å². The Kier molecular flexibility index (Phi) is 2.53. The fraction of sp³-hybridized carbons (Fsp3) is 0.333. The molecule has 1 aliphatic heterocycles. The Morgan fingerprint density at radius 1 is 1.50 bits per heavy atom. The van der Waals surface area contributed by atoms with Crippen LogP contribution >= 0.6 is 0 Å². The predicted octanol–water partition coefficient (Wildman–Crippen LogP) is 2.15. The molecular weight excluding hydrogens is 204 g/mol. The molecule has 1 heterocycles. The lowest BCUT2D eigenvalue weighted by Gasteiger charge is -2.15. The maximum absolute atomic E-state index is 11.5. The first kappa shape index (κ1) is 10.5. The minimum Gasteiger partial charge on any atom is -0.428 e. The Balaban J connectivity index is 2.32. The number of rotatable bonds is 1. The Hall–Kier alpha value is -2.02. The van der Waals surface area contributed by atoms with Crippen molar-refractivity contribution < 1.29 is 9.53 Å². The van der Waals surface area contributed by atoms with E-state index in [2.05, 4.69) is 0 Å². The van der Waals surface area contributed by atoms with Crippen molar-refractivity contribution in [3.05, 3.63) is 29.3 Å². The molecule has 1 amide bonds. The van der Waals surface area contributed by atoms with Crippen molar-refractivity contribution in [2.45, 2.75) is 20.0 Å². The second-order valence-corrected chi connectivity index (χ2v) is 3.90. The summed E-state index contributed by atoms with van der Waals surface area (Å²) < 4.78 is 4.89. The molecule has 0 N–H and O–H groups in total. The van der Waals surface area contributed by atoms with Crippen LogP contribution in [0.15, 0.2) is 18.2 Å². The third kappa shape index (κ3) is 1.72. The van der Waals surface area contributed by atoms with E-state index in [1.54, 1.807) is 0 Å². The number of benzene rings is 1. The van der Waals surface area contributed by atoms with Crippen LogP contribution in [-0.4, -0.2) is 18.7 Å². The maximum Gasteiger partial charge on any atom is 0.415 e. The van der Waals surface area contributed by atoms with Gasteiger partial charge in [-0.05, 0) is 25.5 Å². The summed E-state index contributed by atoms with van der Waals surface area (Å²) >= 11 is 0. The van der Waals surface area contributed by atoms with Crippen LogP contribution in [0.25, 0.3) is 0 Å². The van der Waals surface area contributed by atoms with Gasteiger partial charge in [0.2, 0.25) is 6.10 Å². The second-order valence-electron chi connectivity index (χ2n) is 3.90. The number of cyclic esters (lactones) is 1. The lowest BCUT2D eigenvalue weighted by Crippen LogP contribution is -2.25. The molecule has 0 spiro atoms. The van der Waals surface area contributed by atoms with Crippen LogP contribution in [0, 0.1) is 25.2 Å². The SMILES string of the molecule is Cc1ccc(N2C[C@H](C#N)OC2=O)c(C)c1. The third-order valence-electron chi connectivity index (χ3n) is 2.60. The van der Waals surface area contributed by atoms with Gasteiger partial charge < -0.3 is 4.74 Å². The molecule has 1 saturated heterocycles. The highest BCUT2D eigenvalue weighted by atomic mass is 16.6. The van der Waals surface area contributed by atoms with Crippen molar-refractivity contribution in [3.63, 3.8) is 0 Å². The summed E-state index contributed by atoms with van der Waals surface area (Å²) in [6, 6.07) is 7.76. The molecule has 4 heteroatoms. The maximum atomic E-state index is 11.5. The fourth-order valence-electron chi connectivity index (χ4n) is 1.84. The lowest BCUT2D eigenvalue weighted by atomic mass is 10.1. The zero-order valence-electron chi connectivity index (χ0n) is 9.23. The van der Waals surface area contributed by atoms with Gasteiger partial charge in [-0.2, -0.15) is 5.26 Å². The van der Waals surface area contributed by atoms with Gasteiger partial charge in [-0.15, -0.1) is 0 Å². The smallest absolute Gasteiger partial charge is 0.415 e. The average molecular weight is 216 g/mol. The molecule has 82 valence electrons. The molecule has 1 aromatic rings. The number of hydrogen-bond donors (Lipinski definition) is 0. The highest BCUT2D eigenvalue weighted by Gasteiger charge is 2.32. The molecule has 1 fully saturated rings. The molecule has 0 bridgehead atoms. The summed E-state index contributed by atoms with van der Waals surface area (Å²) in [5.41, 5.74) is 2.97. The van der Waals surface area contributed by atoms with Crippen LogP contribution in [0.4, 0.5) is 10.5 Å². The van der Waals surface area contributed by atoms with Crippen LogP contribution in [0.2, 0.25) is 0 Å². The Labute approximate surface area is 94.0 Å². The van der Waals surface area contributed by atoms with E-state index in [1.807, 2.05) is 38.1 Å². The molecule has 1 aromatic carbocycles. The van der Waals surface area contributed by atoms with E-state index in [4.69, 9.17) is 10.00 Å². The van der Waals surface area contributed by atoms with E-state index in [9.17, 15) is 4.79 Å². The fourth-order valence-corrected chi connectivity index (χ4v) is 1.84. The standard InChI is InChI=1S/C12H12N2O2/c1-8-3-4-11(9(2)5-8)14-7-10(6-13)16-12(14)15/h3-5,10H,7H2,1-2H3/t10-/m0/s1. The number of nitrogens with zero attached hydrogens (tertiary/aromatic N) is 2. The Bertz CT molecular complexity index is 476. The number of carbonyl (C=O) groups excluding carboxylic acids is 1. The van der Waals surface area contributed by atoms with Crippen molar-refractivity contribution in [1.82, 2.24) is 0 Å². The van der Waals surface area contributed by atoms with Crippen molar-refractivity contribution in [2.75, 3.05) is 11.4 Å². The highest BCUT2D eigenvalue weighted by Crippen LogP contribution is 2.25. The van der Waals surface area contributed by atoms with Gasteiger partial charge in [0.25, 0.3) is 0 Å². The van der Waals surface area contributed by atoms with Gasteiger partial charge in [0.15, 0.2) is 0 Å². The van der Waals surface area contributed by atoms with E-state index >= 15 is 0 Å². The minimum absolute atomic E-state index is 0.305. The number of anilines is 1. The molecule has 0 aromatic heterocycles. The first-order valence-electron chi connectivity index (χ1n) is 5.07. The van der Waals surface area contributed by atoms with E-state index in [-0.39, 0.29) is 0 Å². The highest BCUT2D eigenvalue weighted by molar-refractivity contribution is 5.91. The summed E-state index contributed by atoms with van der Waals surface area (Å²) in [6.45, 7) is 4.24. The summed E-state index contributed by atoms with van der Waals surface area (Å²) in [7, 11) is 0. The van der Waals surface area contributed by atoms with Gasteiger partial charge in [0.05, 0.1) is 12.2 Å². The molecule has 0 unspecified atom stereocenters. The molecule has 16 heavy (non-hydrogen) atoms. The van der Waals surface area contributed by atoms with Gasteiger partial charge in [-0.1, -0.05) is 17.7 Å². The molecule has 0 saturated carbocycles. The first-order valence-corrected chi connectivity index (χ1v) is 5.07. The predicted molar refractivity (Wildman–Crippen MR) is 59.1 cm³/mol. The van der Waals surface area contributed by atoms with Crippen LogP contribution in [0.5, 0.6) is 0 Å². The van der Waals surface area contributed by atoms with Gasteiger partial charge in [-0.25, -0.2) is 4.79 Å². The summed E-state index contributed by atoms with van der Waals surface area (Å²) in [5.74, 6) is 0. The van der Waals surface area contributed by atoms with E-state index < -0.39 is 12.2 Å². The first-order chi connectivity index (χ1) is 7.61. The van der Waals surface area contributed by atoms with Crippen molar-refractivity contribution in [3.8, 4) is 6.07 Å². The summed E-state index contributed by atoms with van der Waals surface area (Å²) in [5, 5.41) is 8.71. The number of carbonyl (C=O) groups is 1. The molecule has 2 rings (SSSR count). The minimum atomic E-state index is -0.659. The van der Waals surface area contributed by atoms with Crippen molar-refractivity contribution in [1.29, 1.82) is 5.26 Å². The van der Waals surface area contributed by atoms with Crippen LogP contribution in [0.3, 0.4) is 0 Å². The topological polar surface area (TPSA) is 53.3 Å². The molecule has 4 nitrogen and oxygen atoms in total. The zero-order valence-corrected chi connectivity index (χ0v) is 9.23. The molecular formula is C12H12N2O2. The average Bonchev–Trinajstić information content (AvgIpc) is 2.60. The number of aryl methyl sites for hydroxylation is 2. The van der Waals surface area contributed by atoms with Crippen molar-refractivity contribution in [2.24, 2.45) is 0 Å². The van der Waals surface area contributed by atoms with E-state index in [0.717, 1.165) is 16.8 Å². The molecule has 0 aliphatic carbocycles. The van der Waals surface area contributed by atoms with Gasteiger partial charge in [0.1, 0.15) is 6.07 Å². The van der Waals surface area contributed by atoms with Crippen LogP contribution < -0.4 is 4.90 Å². The number of nitriles is 1. The lowest BCUT2D eigenvalue weighted by molar-refractivity contribution is 0.162. The van der Waals surface area contributed by atoms with Gasteiger partial charge >= 0.3 is 6.09 Å². The second kappa shape index (κ2) is 3.86.